The third-order valence-electron chi connectivity index (χ3n) is 0.605. The minimum Gasteiger partial charge on any atom is -0.448 e. The fourth-order valence-electron chi connectivity index (χ4n) is 0.348. The summed E-state index contributed by atoms with van der Waals surface area (Å²) in [5.41, 5.74) is 0. The van der Waals surface area contributed by atoms with Gasteiger partial charge in [0.25, 0.3) is 0 Å². The van der Waals surface area contributed by atoms with Gasteiger partial charge in [-0.1, -0.05) is 20.3 Å². The van der Waals surface area contributed by atoms with E-state index in [2.05, 4.69) is 23.9 Å². The zero-order valence-corrected chi connectivity index (χ0v) is 5.94. The van der Waals surface area contributed by atoms with E-state index in [9.17, 15) is 4.79 Å². The Bertz CT molecular complexity index is 75.1. The van der Waals surface area contributed by atoms with E-state index in [0.717, 1.165) is 0 Å². The lowest BCUT2D eigenvalue weighted by Gasteiger charge is -1.80. The minimum atomic E-state index is -0.296. The molecule has 0 atom stereocenters. The number of hydrogen-bond donors (Lipinski definition) is 1. The highest BCUT2D eigenvalue weighted by atomic mass is 16.6. The molecule has 0 unspecified atom stereocenters. The van der Waals surface area contributed by atoms with Crippen LogP contribution in [0.5, 0.6) is 0 Å². The summed E-state index contributed by atoms with van der Waals surface area (Å²) in [6.45, 7) is 5.44. The Kier molecular flexibility index (Phi) is 4.97. The Balaban J connectivity index is 0.000000187. The first-order valence-corrected chi connectivity index (χ1v) is 3.21. The third-order valence-corrected chi connectivity index (χ3v) is 0.605. The van der Waals surface area contributed by atoms with E-state index in [1.54, 1.807) is 0 Å². The fraction of sp³-hybridized carbons (Fsp3) is 0.833. The molecule has 1 heterocycles. The van der Waals surface area contributed by atoms with Crippen LogP contribution in [-0.4, -0.2) is 19.2 Å². The van der Waals surface area contributed by atoms with Gasteiger partial charge in [-0.3, -0.25) is 0 Å². The Hall–Kier alpha value is -0.730. The van der Waals surface area contributed by atoms with Crippen molar-refractivity contribution in [2.24, 2.45) is 0 Å². The summed E-state index contributed by atoms with van der Waals surface area (Å²) in [7, 11) is 0. The van der Waals surface area contributed by atoms with Gasteiger partial charge in [0.05, 0.1) is 6.54 Å². The maximum atomic E-state index is 9.91. The van der Waals surface area contributed by atoms with Gasteiger partial charge >= 0.3 is 6.09 Å². The van der Waals surface area contributed by atoms with Gasteiger partial charge in [-0.25, -0.2) is 4.79 Å². The highest BCUT2D eigenvalue weighted by molar-refractivity contribution is 5.68. The lowest BCUT2D eigenvalue weighted by Crippen LogP contribution is -2.11. The van der Waals surface area contributed by atoms with Gasteiger partial charge in [0.1, 0.15) is 6.61 Å². The summed E-state index contributed by atoms with van der Waals surface area (Å²) >= 11 is 0. The van der Waals surface area contributed by atoms with Gasteiger partial charge in [0.15, 0.2) is 0 Å². The normalized spacial score (nSPS) is 15.1. The molecule has 0 saturated carbocycles. The number of carbonyl (C=O) groups is 1. The molecule has 0 spiro atoms. The molecule has 3 heteroatoms. The number of cyclic esters (lactones) is 1. The van der Waals surface area contributed by atoms with Gasteiger partial charge in [0.2, 0.25) is 0 Å². The molecule has 0 radical (unpaired) electrons. The van der Waals surface area contributed by atoms with Crippen molar-refractivity contribution < 1.29 is 9.53 Å². The van der Waals surface area contributed by atoms with Gasteiger partial charge in [-0.2, -0.15) is 0 Å². The molecule has 3 nitrogen and oxygen atoms in total. The first kappa shape index (κ1) is 8.27. The smallest absolute Gasteiger partial charge is 0.407 e. The molecule has 1 N–H and O–H groups in total. The van der Waals surface area contributed by atoms with Crippen LogP contribution in [0.2, 0.25) is 0 Å². The van der Waals surface area contributed by atoms with Gasteiger partial charge < -0.3 is 10.1 Å². The first-order valence-electron chi connectivity index (χ1n) is 3.21. The summed E-state index contributed by atoms with van der Waals surface area (Å²) < 4.78 is 4.40. The quantitative estimate of drug-likeness (QED) is 0.535. The van der Waals surface area contributed by atoms with Crippen LogP contribution in [-0.2, 0) is 4.74 Å². The van der Waals surface area contributed by atoms with Crippen molar-refractivity contribution in [2.45, 2.75) is 20.3 Å². The van der Waals surface area contributed by atoms with E-state index in [1.807, 2.05) is 0 Å². The highest BCUT2D eigenvalue weighted by Crippen LogP contribution is 1.82. The second-order valence-electron chi connectivity index (χ2n) is 1.77. The Labute approximate surface area is 55.4 Å². The highest BCUT2D eigenvalue weighted by Gasteiger charge is 2.06. The van der Waals surface area contributed by atoms with Crippen molar-refractivity contribution in [3.63, 3.8) is 0 Å². The molecule has 1 fully saturated rings. The molecule has 9 heavy (non-hydrogen) atoms. The molecular formula is C6H13NO2. The molecule has 1 aliphatic heterocycles. The Morgan fingerprint density at radius 1 is 1.67 bits per heavy atom. The molecule has 0 bridgehead atoms. The van der Waals surface area contributed by atoms with E-state index in [-0.39, 0.29) is 6.09 Å². The summed E-state index contributed by atoms with van der Waals surface area (Å²) in [4.78, 5) is 9.91. The number of amides is 1. The number of rotatable bonds is 0. The van der Waals surface area contributed by atoms with Crippen LogP contribution in [0.1, 0.15) is 20.3 Å². The van der Waals surface area contributed by atoms with Crippen LogP contribution in [0.25, 0.3) is 0 Å². The van der Waals surface area contributed by atoms with Gasteiger partial charge in [-0.15, -0.1) is 0 Å². The van der Waals surface area contributed by atoms with Crippen LogP contribution in [0.15, 0.2) is 0 Å². The van der Waals surface area contributed by atoms with E-state index < -0.39 is 0 Å². The number of nitrogens with one attached hydrogen (secondary N) is 1. The lowest BCUT2D eigenvalue weighted by molar-refractivity contribution is 0.178. The largest absolute Gasteiger partial charge is 0.448 e. The molecular weight excluding hydrogens is 118 g/mol. The molecule has 1 aliphatic rings. The maximum absolute atomic E-state index is 9.91. The molecule has 0 aromatic rings. The van der Waals surface area contributed by atoms with Crippen LogP contribution in [0.4, 0.5) is 4.79 Å². The van der Waals surface area contributed by atoms with Gasteiger partial charge in [0, 0.05) is 0 Å². The zero-order chi connectivity index (χ0) is 7.11. The number of alkyl carbamates (subject to hydrolysis) is 1. The molecule has 0 aromatic heterocycles. The molecule has 54 valence electrons. The van der Waals surface area contributed by atoms with E-state index >= 15 is 0 Å². The third kappa shape index (κ3) is 5.14. The predicted octanol–water partition coefficient (Wildman–Crippen LogP) is 1.14. The van der Waals surface area contributed by atoms with Crippen molar-refractivity contribution in [2.75, 3.05) is 13.2 Å². The molecule has 0 aromatic carbocycles. The van der Waals surface area contributed by atoms with Crippen molar-refractivity contribution in [1.29, 1.82) is 0 Å². The van der Waals surface area contributed by atoms with Crippen LogP contribution >= 0.6 is 0 Å². The number of ether oxygens (including phenoxy) is 1. The van der Waals surface area contributed by atoms with Crippen molar-refractivity contribution in [3.8, 4) is 0 Å². The summed E-state index contributed by atoms with van der Waals surface area (Å²) in [5.74, 6) is 0. The standard InChI is InChI=1S/C3H5NO2.C3H8/c5-3-4-1-2-6-3;1-3-2/h1-2H2,(H,4,5);3H2,1-2H3. The zero-order valence-electron chi connectivity index (χ0n) is 5.94. The fourth-order valence-corrected chi connectivity index (χ4v) is 0.348. The molecule has 1 saturated heterocycles. The average molecular weight is 131 g/mol. The van der Waals surface area contributed by atoms with Crippen molar-refractivity contribution in [1.82, 2.24) is 5.32 Å². The SMILES string of the molecule is CCC.O=C1NCCO1. The monoisotopic (exact) mass is 131 g/mol. The summed E-state index contributed by atoms with van der Waals surface area (Å²) in [6, 6.07) is 0. The number of carbonyl (C=O) groups excluding carboxylic acids is 1. The summed E-state index contributed by atoms with van der Waals surface area (Å²) in [5, 5.41) is 2.46. The second-order valence-corrected chi connectivity index (χ2v) is 1.77. The van der Waals surface area contributed by atoms with Crippen LogP contribution in [0.3, 0.4) is 0 Å². The van der Waals surface area contributed by atoms with E-state index in [1.165, 1.54) is 6.42 Å². The van der Waals surface area contributed by atoms with Gasteiger partial charge in [-0.05, 0) is 0 Å². The minimum absolute atomic E-state index is 0.296. The molecule has 1 rings (SSSR count). The van der Waals surface area contributed by atoms with E-state index in [4.69, 9.17) is 0 Å². The number of hydrogen-bond acceptors (Lipinski definition) is 2. The molecule has 1 amide bonds. The van der Waals surface area contributed by atoms with Crippen molar-refractivity contribution in [3.05, 3.63) is 0 Å². The predicted molar refractivity (Wildman–Crippen MR) is 35.3 cm³/mol. The van der Waals surface area contributed by atoms with Crippen LogP contribution in [0, 0.1) is 0 Å². The van der Waals surface area contributed by atoms with E-state index in [0.29, 0.717) is 13.2 Å². The average Bonchev–Trinajstić information content (AvgIpc) is 2.20. The van der Waals surface area contributed by atoms with Crippen LogP contribution < -0.4 is 5.32 Å². The summed E-state index contributed by atoms with van der Waals surface area (Å²) in [6.07, 6.45) is 0.954. The van der Waals surface area contributed by atoms with Crippen molar-refractivity contribution >= 4 is 6.09 Å². The Morgan fingerprint density at radius 2 is 2.22 bits per heavy atom. The topological polar surface area (TPSA) is 38.3 Å². The molecule has 0 aliphatic carbocycles. The Morgan fingerprint density at radius 3 is 2.33 bits per heavy atom. The first-order chi connectivity index (χ1) is 4.31. The second kappa shape index (κ2) is 5.41. The maximum Gasteiger partial charge on any atom is 0.407 e. The lowest BCUT2D eigenvalue weighted by atomic mass is 10.6.